The number of anilines is 1. The number of benzene rings is 2. The third-order valence-electron chi connectivity index (χ3n) is 3.67. The zero-order chi connectivity index (χ0) is 19.2. The first-order chi connectivity index (χ1) is 12.3. The molecule has 0 radical (unpaired) electrons. The highest BCUT2D eigenvalue weighted by Gasteiger charge is 2.20. The Bertz CT molecular complexity index is 854. The lowest BCUT2D eigenvalue weighted by molar-refractivity contribution is -0.120. The fourth-order valence-corrected chi connectivity index (χ4v) is 3.50. The summed E-state index contributed by atoms with van der Waals surface area (Å²) in [5, 5.41) is 3.34. The van der Waals surface area contributed by atoms with Gasteiger partial charge in [-0.2, -0.15) is 0 Å². The van der Waals surface area contributed by atoms with Crippen LogP contribution < -0.4 is 14.4 Å². The zero-order valence-electron chi connectivity index (χ0n) is 14.6. The Hall–Kier alpha value is -2.25. The Balaban J connectivity index is 2.00. The van der Waals surface area contributed by atoms with Crippen molar-refractivity contribution in [3.63, 3.8) is 0 Å². The van der Waals surface area contributed by atoms with Gasteiger partial charge in [-0.05, 0) is 29.8 Å². The Kier molecular flexibility index (Phi) is 6.88. The molecule has 0 fully saturated rings. The molecular formula is C18H21ClN2O4S. The fraction of sp³-hybridized carbons (Fsp3) is 0.278. The van der Waals surface area contributed by atoms with E-state index in [0.717, 1.165) is 11.8 Å². The van der Waals surface area contributed by atoms with Crippen molar-refractivity contribution in [3.05, 3.63) is 59.1 Å². The third-order valence-corrected chi connectivity index (χ3v) is 5.10. The van der Waals surface area contributed by atoms with Gasteiger partial charge >= 0.3 is 0 Å². The maximum Gasteiger partial charge on any atom is 0.232 e. The minimum absolute atomic E-state index is 0.103. The highest BCUT2D eigenvalue weighted by atomic mass is 35.5. The van der Waals surface area contributed by atoms with Crippen LogP contribution in [0.2, 0.25) is 5.02 Å². The smallest absolute Gasteiger partial charge is 0.232 e. The number of sulfonamides is 1. The summed E-state index contributed by atoms with van der Waals surface area (Å²) in [6.45, 7) is 0.281. The predicted octanol–water partition coefficient (Wildman–Crippen LogP) is 2.47. The number of nitrogens with one attached hydrogen (secondary N) is 1. The van der Waals surface area contributed by atoms with Crippen LogP contribution in [-0.4, -0.2) is 40.8 Å². The minimum Gasteiger partial charge on any atom is -0.495 e. The summed E-state index contributed by atoms with van der Waals surface area (Å²) >= 11 is 5.82. The van der Waals surface area contributed by atoms with Gasteiger partial charge in [-0.3, -0.25) is 9.10 Å². The molecule has 0 aliphatic rings. The van der Waals surface area contributed by atoms with E-state index in [1.165, 1.54) is 11.4 Å². The van der Waals surface area contributed by atoms with Crippen LogP contribution in [0.1, 0.15) is 5.56 Å². The van der Waals surface area contributed by atoms with E-state index in [-0.39, 0.29) is 25.4 Å². The van der Waals surface area contributed by atoms with Gasteiger partial charge in [0.15, 0.2) is 0 Å². The van der Waals surface area contributed by atoms with Gasteiger partial charge in [0, 0.05) is 11.6 Å². The molecule has 2 rings (SSSR count). The molecular weight excluding hydrogens is 376 g/mol. The van der Waals surface area contributed by atoms with Crippen LogP contribution in [0.5, 0.6) is 5.75 Å². The van der Waals surface area contributed by atoms with Crippen molar-refractivity contribution in [3.8, 4) is 5.75 Å². The summed E-state index contributed by atoms with van der Waals surface area (Å²) in [7, 11) is -2.05. The summed E-state index contributed by atoms with van der Waals surface area (Å²) < 4.78 is 30.7. The highest BCUT2D eigenvalue weighted by Crippen LogP contribution is 2.29. The van der Waals surface area contributed by atoms with Crippen LogP contribution in [0.4, 0.5) is 5.69 Å². The molecule has 140 valence electrons. The van der Waals surface area contributed by atoms with Crippen LogP contribution in [-0.2, 0) is 21.2 Å². The van der Waals surface area contributed by atoms with Gasteiger partial charge in [0.1, 0.15) is 5.75 Å². The molecule has 6 nitrogen and oxygen atoms in total. The number of para-hydroxylation sites is 2. The van der Waals surface area contributed by atoms with Crippen molar-refractivity contribution < 1.29 is 17.9 Å². The largest absolute Gasteiger partial charge is 0.495 e. The maximum atomic E-state index is 12.1. The number of ether oxygens (including phenoxy) is 1. The molecule has 2 aromatic rings. The Morgan fingerprint density at radius 3 is 2.42 bits per heavy atom. The second kappa shape index (κ2) is 8.91. The third kappa shape index (κ3) is 5.64. The number of nitrogens with zero attached hydrogens (tertiary/aromatic N) is 1. The first-order valence-electron chi connectivity index (χ1n) is 7.93. The molecule has 0 aliphatic carbocycles. The predicted molar refractivity (Wildman–Crippen MR) is 103 cm³/mol. The van der Waals surface area contributed by atoms with E-state index in [1.807, 2.05) is 0 Å². The molecule has 8 heteroatoms. The number of rotatable bonds is 8. The molecule has 0 bridgehead atoms. The highest BCUT2D eigenvalue weighted by molar-refractivity contribution is 7.92. The average Bonchev–Trinajstić information content (AvgIpc) is 2.60. The van der Waals surface area contributed by atoms with Crippen LogP contribution in [0, 0.1) is 0 Å². The number of methoxy groups -OCH3 is 1. The van der Waals surface area contributed by atoms with Crippen LogP contribution in [0.25, 0.3) is 0 Å². The topological polar surface area (TPSA) is 75.7 Å². The van der Waals surface area contributed by atoms with Gasteiger partial charge in [0.25, 0.3) is 0 Å². The van der Waals surface area contributed by atoms with Crippen LogP contribution >= 0.6 is 11.6 Å². The zero-order valence-corrected chi connectivity index (χ0v) is 16.2. The molecule has 0 saturated heterocycles. The molecule has 2 aromatic carbocycles. The average molecular weight is 397 g/mol. The summed E-state index contributed by atoms with van der Waals surface area (Å²) in [5.74, 6) is 0.256. The molecule has 0 saturated carbocycles. The molecule has 26 heavy (non-hydrogen) atoms. The number of carbonyl (C=O) groups excluding carboxylic acids is 1. The number of carbonyl (C=O) groups is 1. The lowest BCUT2D eigenvalue weighted by Crippen LogP contribution is -2.38. The molecule has 0 aliphatic heterocycles. The molecule has 1 amide bonds. The van der Waals surface area contributed by atoms with E-state index >= 15 is 0 Å². The lowest BCUT2D eigenvalue weighted by atomic mass is 10.1. The fourth-order valence-electron chi connectivity index (χ4n) is 2.45. The Morgan fingerprint density at radius 2 is 1.81 bits per heavy atom. The van der Waals surface area contributed by atoms with Crippen molar-refractivity contribution in [2.45, 2.75) is 6.42 Å². The second-order valence-electron chi connectivity index (χ2n) is 5.66. The monoisotopic (exact) mass is 396 g/mol. The molecule has 0 atom stereocenters. The SMILES string of the molecule is COc1ccccc1N(CCNC(=O)Cc1ccc(Cl)cc1)S(C)(=O)=O. The molecule has 0 aromatic heterocycles. The van der Waals surface area contributed by atoms with Crippen LogP contribution in [0.15, 0.2) is 48.5 Å². The molecule has 0 unspecified atom stereocenters. The van der Waals surface area contributed by atoms with E-state index in [2.05, 4.69) is 5.32 Å². The van der Waals surface area contributed by atoms with Gasteiger partial charge < -0.3 is 10.1 Å². The lowest BCUT2D eigenvalue weighted by Gasteiger charge is -2.24. The summed E-state index contributed by atoms with van der Waals surface area (Å²) in [5.41, 5.74) is 1.26. The van der Waals surface area contributed by atoms with Gasteiger partial charge in [0.2, 0.25) is 15.9 Å². The van der Waals surface area contributed by atoms with Gasteiger partial charge in [-0.25, -0.2) is 8.42 Å². The second-order valence-corrected chi connectivity index (χ2v) is 8.00. The van der Waals surface area contributed by atoms with E-state index in [4.69, 9.17) is 16.3 Å². The van der Waals surface area contributed by atoms with Crippen molar-refractivity contribution in [2.24, 2.45) is 0 Å². The van der Waals surface area contributed by atoms with Crippen molar-refractivity contribution >= 4 is 33.2 Å². The summed E-state index contributed by atoms with van der Waals surface area (Å²) in [4.78, 5) is 12.1. The van der Waals surface area contributed by atoms with Crippen LogP contribution in [0.3, 0.4) is 0 Å². The number of hydrogen-bond acceptors (Lipinski definition) is 4. The van der Waals surface area contributed by atoms with E-state index in [0.29, 0.717) is 16.5 Å². The van der Waals surface area contributed by atoms with Crippen molar-refractivity contribution in [2.75, 3.05) is 30.8 Å². The van der Waals surface area contributed by atoms with E-state index < -0.39 is 10.0 Å². The number of hydrogen-bond donors (Lipinski definition) is 1. The number of amides is 1. The standard InChI is InChI=1S/C18H21ClN2O4S/c1-25-17-6-4-3-5-16(17)21(26(2,23)24)12-11-20-18(22)13-14-7-9-15(19)10-8-14/h3-10H,11-13H2,1-2H3,(H,20,22). The molecule has 0 spiro atoms. The van der Waals surface area contributed by atoms with Gasteiger partial charge in [0.05, 0.1) is 32.0 Å². The van der Waals surface area contributed by atoms with E-state index in [9.17, 15) is 13.2 Å². The van der Waals surface area contributed by atoms with Gasteiger partial charge in [-0.15, -0.1) is 0 Å². The van der Waals surface area contributed by atoms with E-state index in [1.54, 1.807) is 48.5 Å². The first kappa shape index (κ1) is 20.1. The summed E-state index contributed by atoms with van der Waals surface area (Å²) in [6.07, 6.45) is 1.32. The quantitative estimate of drug-likeness (QED) is 0.743. The van der Waals surface area contributed by atoms with Gasteiger partial charge in [-0.1, -0.05) is 35.9 Å². The van der Waals surface area contributed by atoms with Crippen molar-refractivity contribution in [1.82, 2.24) is 5.32 Å². The molecule has 0 heterocycles. The normalized spacial score (nSPS) is 11.0. The summed E-state index contributed by atoms with van der Waals surface area (Å²) in [6, 6.07) is 13.8. The molecule has 1 N–H and O–H groups in total. The minimum atomic E-state index is -3.52. The first-order valence-corrected chi connectivity index (χ1v) is 10.2. The van der Waals surface area contributed by atoms with Crippen molar-refractivity contribution in [1.29, 1.82) is 0 Å². The Labute approximate surface area is 158 Å². The number of halogens is 1. The Morgan fingerprint density at radius 1 is 1.15 bits per heavy atom. The maximum absolute atomic E-state index is 12.1.